The van der Waals surface area contributed by atoms with Crippen molar-refractivity contribution in [3.8, 4) is 5.75 Å². The number of para-hydroxylation sites is 1. The van der Waals surface area contributed by atoms with Crippen LogP contribution in [0.3, 0.4) is 0 Å². The van der Waals surface area contributed by atoms with Gasteiger partial charge in [-0.1, -0.05) is 18.2 Å². The van der Waals surface area contributed by atoms with E-state index in [0.717, 1.165) is 24.2 Å². The van der Waals surface area contributed by atoms with Crippen molar-refractivity contribution in [1.82, 2.24) is 0 Å². The molecular weight excluding hydrogens is 190 g/mol. The third-order valence-corrected chi connectivity index (χ3v) is 2.22. The third-order valence-electron chi connectivity index (χ3n) is 2.22. The second kappa shape index (κ2) is 6.43. The number of hydrogen-bond acceptors (Lipinski definition) is 3. The number of aliphatic hydroxyl groups is 1. The van der Waals surface area contributed by atoms with Gasteiger partial charge in [0.2, 0.25) is 0 Å². The molecule has 0 aliphatic heterocycles. The Balaban J connectivity index is 2.36. The molecule has 1 rings (SSSR count). The first-order valence-electron chi connectivity index (χ1n) is 5.33. The summed E-state index contributed by atoms with van der Waals surface area (Å²) in [6.07, 6.45) is 1.37. The number of aliphatic hydroxyl groups excluding tert-OH is 1. The van der Waals surface area contributed by atoms with Crippen molar-refractivity contribution in [1.29, 1.82) is 0 Å². The van der Waals surface area contributed by atoms with E-state index in [4.69, 9.17) is 15.6 Å². The Morgan fingerprint density at radius 3 is 2.80 bits per heavy atom. The van der Waals surface area contributed by atoms with Gasteiger partial charge >= 0.3 is 0 Å². The monoisotopic (exact) mass is 209 g/mol. The molecule has 1 aromatic carbocycles. The summed E-state index contributed by atoms with van der Waals surface area (Å²) in [6.45, 7) is 2.91. The first-order valence-corrected chi connectivity index (χ1v) is 5.33. The lowest BCUT2D eigenvalue weighted by Gasteiger charge is -2.10. The molecule has 0 spiro atoms. The van der Waals surface area contributed by atoms with Crippen LogP contribution in [0, 0.1) is 0 Å². The summed E-state index contributed by atoms with van der Waals surface area (Å²) in [7, 11) is 0. The molecule has 3 heteroatoms. The van der Waals surface area contributed by atoms with Crippen LogP contribution in [0.5, 0.6) is 5.75 Å². The standard InChI is InChI=1S/C12H19NO2/c1-10(14)5-4-8-15-12-7-3-2-6-11(12)9-13/h2-3,6-7,10,14H,4-5,8-9,13H2,1H3. The Morgan fingerprint density at radius 2 is 2.13 bits per heavy atom. The smallest absolute Gasteiger partial charge is 0.123 e. The first-order chi connectivity index (χ1) is 7.24. The third kappa shape index (κ3) is 4.32. The van der Waals surface area contributed by atoms with E-state index in [1.54, 1.807) is 6.92 Å². The van der Waals surface area contributed by atoms with Gasteiger partial charge in [0.05, 0.1) is 12.7 Å². The van der Waals surface area contributed by atoms with Crippen LogP contribution >= 0.6 is 0 Å². The molecule has 84 valence electrons. The quantitative estimate of drug-likeness (QED) is 0.701. The highest BCUT2D eigenvalue weighted by Crippen LogP contribution is 2.17. The van der Waals surface area contributed by atoms with Gasteiger partial charge in [0.15, 0.2) is 0 Å². The number of benzene rings is 1. The van der Waals surface area contributed by atoms with Gasteiger partial charge in [0.1, 0.15) is 5.75 Å². The summed E-state index contributed by atoms with van der Waals surface area (Å²) in [6, 6.07) is 7.77. The van der Waals surface area contributed by atoms with Crippen molar-refractivity contribution in [2.75, 3.05) is 6.61 Å². The molecule has 0 saturated heterocycles. The molecule has 3 nitrogen and oxygen atoms in total. The highest BCUT2D eigenvalue weighted by atomic mass is 16.5. The van der Waals surface area contributed by atoms with Crippen LogP contribution in [0.15, 0.2) is 24.3 Å². The van der Waals surface area contributed by atoms with Gasteiger partial charge in [0, 0.05) is 12.1 Å². The van der Waals surface area contributed by atoms with Gasteiger partial charge in [-0.25, -0.2) is 0 Å². The first kappa shape index (κ1) is 12.0. The minimum atomic E-state index is -0.252. The highest BCUT2D eigenvalue weighted by molar-refractivity contribution is 5.32. The van der Waals surface area contributed by atoms with Crippen molar-refractivity contribution in [3.05, 3.63) is 29.8 Å². The van der Waals surface area contributed by atoms with Crippen molar-refractivity contribution >= 4 is 0 Å². The molecule has 0 bridgehead atoms. The normalized spacial score (nSPS) is 12.5. The molecule has 0 aliphatic carbocycles. The van der Waals surface area contributed by atoms with E-state index in [1.807, 2.05) is 24.3 Å². The van der Waals surface area contributed by atoms with Crippen LogP contribution in [0.4, 0.5) is 0 Å². The number of rotatable bonds is 6. The maximum atomic E-state index is 9.07. The van der Waals surface area contributed by atoms with E-state index < -0.39 is 0 Å². The Bertz CT molecular complexity index is 287. The second-order valence-electron chi connectivity index (χ2n) is 3.65. The van der Waals surface area contributed by atoms with Crippen molar-refractivity contribution in [3.63, 3.8) is 0 Å². The summed E-state index contributed by atoms with van der Waals surface area (Å²) < 4.78 is 5.59. The van der Waals surface area contributed by atoms with Crippen LogP contribution in [0.25, 0.3) is 0 Å². The van der Waals surface area contributed by atoms with Gasteiger partial charge in [0.25, 0.3) is 0 Å². The largest absolute Gasteiger partial charge is 0.493 e. The Kier molecular flexibility index (Phi) is 5.15. The fourth-order valence-electron chi connectivity index (χ4n) is 1.37. The average Bonchev–Trinajstić information content (AvgIpc) is 2.24. The van der Waals surface area contributed by atoms with E-state index in [9.17, 15) is 0 Å². The predicted molar refractivity (Wildman–Crippen MR) is 60.7 cm³/mol. The fourth-order valence-corrected chi connectivity index (χ4v) is 1.37. The van der Waals surface area contributed by atoms with E-state index in [-0.39, 0.29) is 6.10 Å². The molecular formula is C12H19NO2. The molecule has 3 N–H and O–H groups in total. The minimum Gasteiger partial charge on any atom is -0.493 e. The SMILES string of the molecule is CC(O)CCCOc1ccccc1CN. The molecule has 0 radical (unpaired) electrons. The summed E-state index contributed by atoms with van der Waals surface area (Å²) in [5.74, 6) is 0.852. The number of ether oxygens (including phenoxy) is 1. The fraction of sp³-hybridized carbons (Fsp3) is 0.500. The Labute approximate surface area is 90.9 Å². The molecule has 1 aromatic rings. The van der Waals surface area contributed by atoms with Crippen LogP contribution in [-0.2, 0) is 6.54 Å². The topological polar surface area (TPSA) is 55.5 Å². The molecule has 1 unspecified atom stereocenters. The molecule has 0 aliphatic rings. The van der Waals surface area contributed by atoms with Crippen molar-refractivity contribution in [2.45, 2.75) is 32.4 Å². The molecule has 0 aromatic heterocycles. The maximum Gasteiger partial charge on any atom is 0.123 e. The number of nitrogens with two attached hydrogens (primary N) is 1. The lowest BCUT2D eigenvalue weighted by molar-refractivity contribution is 0.170. The lowest BCUT2D eigenvalue weighted by atomic mass is 10.2. The second-order valence-corrected chi connectivity index (χ2v) is 3.65. The summed E-state index contributed by atoms with van der Waals surface area (Å²) in [5, 5.41) is 9.07. The molecule has 0 fully saturated rings. The van der Waals surface area contributed by atoms with Gasteiger partial charge in [-0.2, -0.15) is 0 Å². The van der Waals surface area contributed by atoms with Crippen LogP contribution in [0.2, 0.25) is 0 Å². The zero-order valence-corrected chi connectivity index (χ0v) is 9.15. The van der Waals surface area contributed by atoms with Gasteiger partial charge in [-0.3, -0.25) is 0 Å². The van der Waals surface area contributed by atoms with E-state index in [1.165, 1.54) is 0 Å². The zero-order chi connectivity index (χ0) is 11.1. The summed E-state index contributed by atoms with van der Waals surface area (Å²) in [5.41, 5.74) is 6.61. The Hall–Kier alpha value is -1.06. The minimum absolute atomic E-state index is 0.252. The van der Waals surface area contributed by atoms with Gasteiger partial charge in [-0.05, 0) is 25.8 Å². The van der Waals surface area contributed by atoms with Gasteiger partial charge < -0.3 is 15.6 Å². The van der Waals surface area contributed by atoms with Crippen molar-refractivity contribution in [2.24, 2.45) is 5.73 Å². The van der Waals surface area contributed by atoms with Gasteiger partial charge in [-0.15, -0.1) is 0 Å². The van der Waals surface area contributed by atoms with E-state index in [2.05, 4.69) is 0 Å². The van der Waals surface area contributed by atoms with Crippen LogP contribution in [-0.4, -0.2) is 17.8 Å². The highest BCUT2D eigenvalue weighted by Gasteiger charge is 2.01. The maximum absolute atomic E-state index is 9.07. The van der Waals surface area contributed by atoms with E-state index in [0.29, 0.717) is 13.2 Å². The molecule has 0 saturated carbocycles. The predicted octanol–water partition coefficient (Wildman–Crippen LogP) is 1.69. The van der Waals surface area contributed by atoms with E-state index >= 15 is 0 Å². The molecule has 1 atom stereocenters. The lowest BCUT2D eigenvalue weighted by Crippen LogP contribution is -2.06. The van der Waals surface area contributed by atoms with Crippen LogP contribution in [0.1, 0.15) is 25.3 Å². The van der Waals surface area contributed by atoms with Crippen molar-refractivity contribution < 1.29 is 9.84 Å². The summed E-state index contributed by atoms with van der Waals surface area (Å²) in [4.78, 5) is 0. The Morgan fingerprint density at radius 1 is 1.40 bits per heavy atom. The number of hydrogen-bond donors (Lipinski definition) is 2. The molecule has 0 heterocycles. The molecule has 15 heavy (non-hydrogen) atoms. The summed E-state index contributed by atoms with van der Waals surface area (Å²) >= 11 is 0. The average molecular weight is 209 g/mol. The zero-order valence-electron chi connectivity index (χ0n) is 9.15. The molecule has 0 amide bonds. The van der Waals surface area contributed by atoms with Crippen LogP contribution < -0.4 is 10.5 Å².